The van der Waals surface area contributed by atoms with Gasteiger partial charge in [0.05, 0.1) is 23.7 Å². The molecule has 0 N–H and O–H groups in total. The number of carbonyl (C=O) groups excluding carboxylic acids is 5. The SMILES string of the molecule is CCC(C)C(=O)OC(C(F)(F)F)C(F)(F)F.CCC(C)C(=O)OCC(=O)OCC(F)(F)F.CCC(C)C(=O)OCC(F)(F)C(F)(F)C(F)(F)C(F)F.CCC(C)C(=O)OCC(F)(F)F. The lowest BCUT2D eigenvalue weighted by Gasteiger charge is -2.31. The van der Waals surface area contributed by atoms with Crippen molar-refractivity contribution in [1.29, 1.82) is 0 Å². The lowest BCUT2D eigenvalue weighted by Crippen LogP contribution is -2.59. The molecular weight excluding hydrogens is 948 g/mol. The minimum Gasteiger partial charge on any atom is -0.459 e. The highest BCUT2D eigenvalue weighted by Gasteiger charge is 2.75. The van der Waals surface area contributed by atoms with Gasteiger partial charge in [0.1, 0.15) is 0 Å². The summed E-state index contributed by atoms with van der Waals surface area (Å²) >= 11 is 0. The molecule has 0 aliphatic carbocycles. The van der Waals surface area contributed by atoms with E-state index < -0.39 is 135 Å². The topological polar surface area (TPSA) is 132 Å². The van der Waals surface area contributed by atoms with Crippen LogP contribution in [-0.2, 0) is 47.7 Å². The highest BCUT2D eigenvalue weighted by atomic mass is 19.4. The number of halogens is 20. The molecule has 0 saturated heterocycles. The Kier molecular flexibility index (Phi) is 29.2. The zero-order chi connectivity index (χ0) is 52.0. The number of ether oxygens (including phenoxy) is 5. The van der Waals surface area contributed by atoms with Crippen molar-refractivity contribution in [3.63, 3.8) is 0 Å². The van der Waals surface area contributed by atoms with Crippen molar-refractivity contribution in [3.05, 3.63) is 0 Å². The van der Waals surface area contributed by atoms with Gasteiger partial charge in [0.25, 0.3) is 6.10 Å². The Morgan fingerprint density at radius 3 is 1.03 bits per heavy atom. The van der Waals surface area contributed by atoms with Crippen molar-refractivity contribution >= 4 is 29.8 Å². The molecule has 0 fully saturated rings. The average molecular weight is 995 g/mol. The molecule has 4 unspecified atom stereocenters. The van der Waals surface area contributed by atoms with E-state index in [1.165, 1.54) is 34.6 Å². The maximum absolute atomic E-state index is 12.9. The first-order chi connectivity index (χ1) is 28.4. The highest BCUT2D eigenvalue weighted by molar-refractivity contribution is 5.77. The molecule has 0 aromatic heterocycles. The third-order valence-corrected chi connectivity index (χ3v) is 7.54. The van der Waals surface area contributed by atoms with Gasteiger partial charge in [-0.15, -0.1) is 0 Å². The van der Waals surface area contributed by atoms with Crippen molar-refractivity contribution < 1.29 is 135 Å². The molecule has 0 aliphatic heterocycles. The summed E-state index contributed by atoms with van der Waals surface area (Å²) in [4.78, 5) is 54.3. The van der Waals surface area contributed by atoms with Crippen LogP contribution in [0, 0.1) is 23.7 Å². The van der Waals surface area contributed by atoms with Crippen LogP contribution < -0.4 is 0 Å². The van der Waals surface area contributed by atoms with Crippen LogP contribution in [0.1, 0.15) is 81.1 Å². The van der Waals surface area contributed by atoms with E-state index in [1.54, 1.807) is 20.8 Å². The fraction of sp³-hybridized carbons (Fsp3) is 0.853. The molecule has 0 rings (SSSR count). The number of esters is 5. The van der Waals surface area contributed by atoms with Crippen LogP contribution in [0.5, 0.6) is 0 Å². The Morgan fingerprint density at radius 2 is 0.734 bits per heavy atom. The van der Waals surface area contributed by atoms with Crippen LogP contribution in [-0.4, -0.2) is 111 Å². The molecule has 64 heavy (non-hydrogen) atoms. The van der Waals surface area contributed by atoms with E-state index in [0.29, 0.717) is 12.8 Å². The summed E-state index contributed by atoms with van der Waals surface area (Å²) < 4.78 is 260. The van der Waals surface area contributed by atoms with Crippen molar-refractivity contribution in [2.75, 3.05) is 26.4 Å². The van der Waals surface area contributed by atoms with Gasteiger partial charge in [-0.2, -0.15) is 79.0 Å². The van der Waals surface area contributed by atoms with Crippen molar-refractivity contribution in [1.82, 2.24) is 0 Å². The van der Waals surface area contributed by atoms with Crippen LogP contribution in [0.2, 0.25) is 0 Å². The van der Waals surface area contributed by atoms with Gasteiger partial charge in [0.2, 0.25) is 0 Å². The standard InChI is InChI=1S/C10H12F8O2.C9H13F3O4.C8H10F6O2.C7H11F3O2/c1-3-5(2)6(19)20-4-8(13,14)10(17,18)9(15,16)7(11)12;1-3-6(2)8(14)15-4-7(13)16-5-9(10,11)12;1-3-4(2)5(15)16-6(7(9,10)11)8(12,13)14;1-3-5(2)6(11)12-4-7(8,9)10/h5,7H,3-4H2,1-2H3;6H,3-5H2,1-2H3;4,6H,3H2,1-2H3;5H,3-4H2,1-2H3. The number of carbonyl (C=O) groups is 5. The normalized spacial score (nSPS) is 14.5. The predicted octanol–water partition coefficient (Wildman–Crippen LogP) is 10.6. The molecule has 0 bridgehead atoms. The van der Waals surface area contributed by atoms with Crippen LogP contribution in [0.25, 0.3) is 0 Å². The van der Waals surface area contributed by atoms with Crippen molar-refractivity contribution in [2.24, 2.45) is 23.7 Å². The zero-order valence-corrected chi connectivity index (χ0v) is 34.8. The second kappa shape index (κ2) is 28.1. The maximum atomic E-state index is 12.9. The molecule has 0 aliphatic rings. The third-order valence-electron chi connectivity index (χ3n) is 7.54. The minimum absolute atomic E-state index is 0.0985. The van der Waals surface area contributed by atoms with Crippen LogP contribution in [0.4, 0.5) is 87.8 Å². The molecule has 10 nitrogen and oxygen atoms in total. The van der Waals surface area contributed by atoms with Crippen molar-refractivity contribution in [3.8, 4) is 0 Å². The van der Waals surface area contributed by atoms with E-state index in [1.807, 2.05) is 0 Å². The number of rotatable bonds is 18. The van der Waals surface area contributed by atoms with Gasteiger partial charge in [-0.3, -0.25) is 19.2 Å². The van der Waals surface area contributed by atoms with Gasteiger partial charge < -0.3 is 23.7 Å². The Balaban J connectivity index is -0.000000381. The quantitative estimate of drug-likeness (QED) is 0.0743. The maximum Gasteiger partial charge on any atom is 0.434 e. The second-order valence-corrected chi connectivity index (χ2v) is 13.1. The third kappa shape index (κ3) is 27.3. The summed E-state index contributed by atoms with van der Waals surface area (Å²) in [5.74, 6) is -26.5. The Morgan fingerprint density at radius 1 is 0.438 bits per heavy atom. The van der Waals surface area contributed by atoms with Crippen LogP contribution in [0.3, 0.4) is 0 Å². The predicted molar refractivity (Wildman–Crippen MR) is 177 cm³/mol. The summed E-state index contributed by atoms with van der Waals surface area (Å²) in [6.45, 7) is 5.52. The molecule has 382 valence electrons. The fourth-order valence-electron chi connectivity index (χ4n) is 2.77. The van der Waals surface area contributed by atoms with E-state index in [9.17, 15) is 112 Å². The van der Waals surface area contributed by atoms with Crippen LogP contribution in [0.15, 0.2) is 0 Å². The summed E-state index contributed by atoms with van der Waals surface area (Å²) in [7, 11) is 0. The molecule has 4 atom stereocenters. The minimum atomic E-state index is -6.36. The van der Waals surface area contributed by atoms with Gasteiger partial charge in [-0.1, -0.05) is 55.4 Å². The second-order valence-electron chi connectivity index (χ2n) is 13.1. The molecule has 30 heteroatoms. The first kappa shape index (κ1) is 66.6. The number of hydrogen-bond donors (Lipinski definition) is 0. The first-order valence-corrected chi connectivity index (χ1v) is 18.0. The number of alkyl halides is 20. The van der Waals surface area contributed by atoms with E-state index in [0.717, 1.165) is 0 Å². The van der Waals surface area contributed by atoms with Crippen molar-refractivity contribution in [2.45, 2.75) is 136 Å². The molecule has 0 aromatic carbocycles. The molecule has 0 heterocycles. The monoisotopic (exact) mass is 994 g/mol. The summed E-state index contributed by atoms with van der Waals surface area (Å²) in [6.07, 6.45) is -28.1. The van der Waals surface area contributed by atoms with Gasteiger partial charge in [0.15, 0.2) is 26.4 Å². The molecule has 0 radical (unpaired) electrons. The van der Waals surface area contributed by atoms with Gasteiger partial charge in [0, 0.05) is 0 Å². The summed E-state index contributed by atoms with van der Waals surface area (Å²) in [5, 5.41) is 0. The largest absolute Gasteiger partial charge is 0.459 e. The Hall–Kier alpha value is -4.05. The molecule has 0 amide bonds. The van der Waals surface area contributed by atoms with Crippen LogP contribution >= 0.6 is 0 Å². The molecule has 0 saturated carbocycles. The number of hydrogen-bond acceptors (Lipinski definition) is 10. The summed E-state index contributed by atoms with van der Waals surface area (Å²) in [5.41, 5.74) is 0. The van der Waals surface area contributed by atoms with Gasteiger partial charge >= 0.3 is 78.7 Å². The Bertz CT molecular complexity index is 1380. The Labute approximate surface area is 351 Å². The van der Waals surface area contributed by atoms with E-state index in [2.05, 4.69) is 23.7 Å². The zero-order valence-electron chi connectivity index (χ0n) is 34.8. The van der Waals surface area contributed by atoms with Gasteiger partial charge in [-0.25, -0.2) is 13.6 Å². The molecule has 0 aromatic rings. The van der Waals surface area contributed by atoms with E-state index in [4.69, 9.17) is 0 Å². The molecule has 0 spiro atoms. The van der Waals surface area contributed by atoms with E-state index in [-0.39, 0.29) is 12.8 Å². The van der Waals surface area contributed by atoms with Gasteiger partial charge in [-0.05, 0) is 25.7 Å². The smallest absolute Gasteiger partial charge is 0.434 e. The first-order valence-electron chi connectivity index (χ1n) is 18.0. The fourth-order valence-corrected chi connectivity index (χ4v) is 2.77. The summed E-state index contributed by atoms with van der Waals surface area (Å²) in [6, 6.07) is 0. The highest BCUT2D eigenvalue weighted by Crippen LogP contribution is 2.48. The van der Waals surface area contributed by atoms with E-state index >= 15 is 0 Å². The average Bonchev–Trinajstić information content (AvgIpc) is 3.16. The lowest BCUT2D eigenvalue weighted by molar-refractivity contribution is -0.344. The lowest BCUT2D eigenvalue weighted by atomic mass is 10.1. The molecular formula is C34H46F20O10.